The van der Waals surface area contributed by atoms with Crippen molar-refractivity contribution in [1.82, 2.24) is 9.97 Å². The molecule has 0 saturated heterocycles. The van der Waals surface area contributed by atoms with Crippen LogP contribution in [0.4, 0.5) is 0 Å². The van der Waals surface area contributed by atoms with Crippen LogP contribution in [-0.2, 0) is 0 Å². The van der Waals surface area contributed by atoms with Gasteiger partial charge in [0.15, 0.2) is 5.82 Å². The Morgan fingerprint density at radius 3 is 1.91 bits per heavy atom. The lowest BCUT2D eigenvalue weighted by Crippen LogP contribution is -1.94. The third-order valence-corrected chi connectivity index (χ3v) is 12.7. The fourth-order valence-corrected chi connectivity index (χ4v) is 9.86. The van der Waals surface area contributed by atoms with Crippen LogP contribution in [0.5, 0.6) is 0 Å². The zero-order chi connectivity index (χ0) is 38.2. The van der Waals surface area contributed by atoms with E-state index in [1.54, 1.807) is 11.3 Å². The minimum Gasteiger partial charge on any atom is -0.456 e. The van der Waals surface area contributed by atoms with E-state index in [1.165, 1.54) is 48.5 Å². The normalized spacial score (nSPS) is 11.8. The van der Waals surface area contributed by atoms with Crippen molar-refractivity contribution in [3.63, 3.8) is 0 Å². The van der Waals surface area contributed by atoms with E-state index < -0.39 is 0 Å². The van der Waals surface area contributed by atoms with Crippen molar-refractivity contribution in [2.24, 2.45) is 0 Å². The number of rotatable bonds is 5. The summed E-state index contributed by atoms with van der Waals surface area (Å²) >= 11 is 1.75. The standard InChI is InChI=1S/C54H32N2OS/c1-2-12-33(13-3-1)34-24-26-35(27-25-34)51-53-52(43-20-8-9-23-49(43)58-53)56-54(55-51)44-21-11-22-48-50(44)46-31-37(28-29-47(46)57-48)36-15-10-16-38(30-36)45-32-39-14-4-5-17-40(39)41-18-6-7-19-42(41)45/h1-32H. The van der Waals surface area contributed by atoms with Crippen molar-refractivity contribution in [3.05, 3.63) is 194 Å². The first kappa shape index (κ1) is 32.8. The second kappa shape index (κ2) is 13.1. The molecule has 0 radical (unpaired) electrons. The smallest absolute Gasteiger partial charge is 0.161 e. The summed E-state index contributed by atoms with van der Waals surface area (Å²) in [6.07, 6.45) is 0. The van der Waals surface area contributed by atoms with Crippen LogP contribution in [0.25, 0.3) is 120 Å². The van der Waals surface area contributed by atoms with E-state index in [0.717, 1.165) is 65.5 Å². The number of fused-ring (bicyclic) bond motifs is 9. The highest BCUT2D eigenvalue weighted by Crippen LogP contribution is 2.43. The molecular weight excluding hydrogens is 725 g/mol. The quantitative estimate of drug-likeness (QED) is 0.164. The van der Waals surface area contributed by atoms with Gasteiger partial charge in [0.05, 0.1) is 15.9 Å². The van der Waals surface area contributed by atoms with E-state index in [9.17, 15) is 0 Å². The molecule has 0 aliphatic carbocycles. The summed E-state index contributed by atoms with van der Waals surface area (Å²) < 4.78 is 8.83. The van der Waals surface area contributed by atoms with E-state index in [1.807, 2.05) is 12.1 Å². The van der Waals surface area contributed by atoms with Crippen LogP contribution in [0, 0.1) is 0 Å². The van der Waals surface area contributed by atoms with Crippen LogP contribution in [0.3, 0.4) is 0 Å². The molecule has 0 fully saturated rings. The Morgan fingerprint density at radius 1 is 0.379 bits per heavy atom. The average Bonchev–Trinajstić information content (AvgIpc) is 3.87. The fourth-order valence-electron chi connectivity index (χ4n) is 8.71. The van der Waals surface area contributed by atoms with Crippen molar-refractivity contribution in [3.8, 4) is 56.0 Å². The number of furan rings is 1. The third-order valence-electron chi connectivity index (χ3n) is 11.5. The van der Waals surface area contributed by atoms with Gasteiger partial charge in [0.1, 0.15) is 11.2 Å². The molecule has 0 aliphatic heterocycles. The molecule has 3 nitrogen and oxygen atoms in total. The lowest BCUT2D eigenvalue weighted by Gasteiger charge is -2.12. The number of aromatic nitrogens is 2. The van der Waals surface area contributed by atoms with Gasteiger partial charge in [-0.1, -0.05) is 158 Å². The van der Waals surface area contributed by atoms with Crippen molar-refractivity contribution >= 4 is 75.1 Å². The largest absolute Gasteiger partial charge is 0.456 e. The number of hydrogen-bond acceptors (Lipinski definition) is 4. The molecule has 0 spiro atoms. The number of nitrogens with zero attached hydrogens (tertiary/aromatic N) is 2. The molecule has 4 heteroatoms. The first-order chi connectivity index (χ1) is 28.7. The van der Waals surface area contributed by atoms with Crippen LogP contribution in [0.1, 0.15) is 0 Å². The molecule has 0 atom stereocenters. The lowest BCUT2D eigenvalue weighted by atomic mass is 9.91. The summed E-state index contributed by atoms with van der Waals surface area (Å²) in [6.45, 7) is 0. The molecule has 12 aromatic rings. The molecule has 9 aromatic carbocycles. The van der Waals surface area contributed by atoms with Crippen molar-refractivity contribution in [2.75, 3.05) is 0 Å². The Balaban J connectivity index is 1.02. The lowest BCUT2D eigenvalue weighted by molar-refractivity contribution is 0.669. The van der Waals surface area contributed by atoms with Crippen LogP contribution in [-0.4, -0.2) is 9.97 Å². The monoisotopic (exact) mass is 756 g/mol. The summed E-state index contributed by atoms with van der Waals surface area (Å²) in [6, 6.07) is 69.2. The fraction of sp³-hybridized carbons (Fsp3) is 0. The van der Waals surface area contributed by atoms with E-state index in [2.05, 4.69) is 182 Å². The van der Waals surface area contributed by atoms with Gasteiger partial charge in [-0.05, 0) is 91.3 Å². The Morgan fingerprint density at radius 2 is 1.03 bits per heavy atom. The highest BCUT2D eigenvalue weighted by molar-refractivity contribution is 7.26. The Kier molecular flexibility index (Phi) is 7.40. The maximum absolute atomic E-state index is 6.55. The maximum Gasteiger partial charge on any atom is 0.161 e. The number of hydrogen-bond donors (Lipinski definition) is 0. The molecule has 0 saturated carbocycles. The second-order valence-corrected chi connectivity index (χ2v) is 15.9. The predicted molar refractivity (Wildman–Crippen MR) is 244 cm³/mol. The van der Waals surface area contributed by atoms with Crippen molar-refractivity contribution < 1.29 is 4.42 Å². The summed E-state index contributed by atoms with van der Waals surface area (Å²) in [7, 11) is 0. The van der Waals surface area contributed by atoms with E-state index >= 15 is 0 Å². The maximum atomic E-state index is 6.55. The number of thiophene rings is 1. The van der Waals surface area contributed by atoms with Crippen molar-refractivity contribution in [1.29, 1.82) is 0 Å². The van der Waals surface area contributed by atoms with Gasteiger partial charge in [0, 0.05) is 32.0 Å². The molecule has 58 heavy (non-hydrogen) atoms. The average molecular weight is 757 g/mol. The van der Waals surface area contributed by atoms with Gasteiger partial charge >= 0.3 is 0 Å². The molecule has 0 unspecified atom stereocenters. The van der Waals surface area contributed by atoms with Gasteiger partial charge in [-0.3, -0.25) is 0 Å². The van der Waals surface area contributed by atoms with Crippen LogP contribution in [0.15, 0.2) is 199 Å². The Hall–Kier alpha value is -7.40. The molecule has 0 amide bonds. The third kappa shape index (κ3) is 5.27. The zero-order valence-electron chi connectivity index (χ0n) is 31.2. The van der Waals surface area contributed by atoms with E-state index in [0.29, 0.717) is 5.82 Å². The molecule has 3 heterocycles. The highest BCUT2D eigenvalue weighted by Gasteiger charge is 2.20. The molecular formula is C54H32N2OS. The summed E-state index contributed by atoms with van der Waals surface area (Å²) in [4.78, 5) is 10.8. The second-order valence-electron chi connectivity index (χ2n) is 14.9. The van der Waals surface area contributed by atoms with Crippen LogP contribution < -0.4 is 0 Å². The Labute approximate surface area is 338 Å². The molecule has 270 valence electrons. The van der Waals surface area contributed by atoms with Gasteiger partial charge in [0.25, 0.3) is 0 Å². The first-order valence-corrected chi connectivity index (χ1v) is 20.4. The van der Waals surface area contributed by atoms with Gasteiger partial charge in [-0.15, -0.1) is 11.3 Å². The molecule has 0 aliphatic rings. The first-order valence-electron chi connectivity index (χ1n) is 19.6. The van der Waals surface area contributed by atoms with Crippen molar-refractivity contribution in [2.45, 2.75) is 0 Å². The zero-order valence-corrected chi connectivity index (χ0v) is 32.0. The molecule has 3 aromatic heterocycles. The summed E-state index contributed by atoms with van der Waals surface area (Å²) in [5.41, 5.74) is 12.6. The topological polar surface area (TPSA) is 38.9 Å². The predicted octanol–water partition coefficient (Wildman–Crippen LogP) is 15.4. The van der Waals surface area contributed by atoms with Gasteiger partial charge in [-0.25, -0.2) is 9.97 Å². The van der Waals surface area contributed by atoms with Crippen LogP contribution >= 0.6 is 11.3 Å². The van der Waals surface area contributed by atoms with Gasteiger partial charge < -0.3 is 4.42 Å². The number of benzene rings is 9. The minimum absolute atomic E-state index is 0.682. The van der Waals surface area contributed by atoms with Crippen LogP contribution in [0.2, 0.25) is 0 Å². The van der Waals surface area contributed by atoms with E-state index in [4.69, 9.17) is 14.4 Å². The summed E-state index contributed by atoms with van der Waals surface area (Å²) in [5.74, 6) is 0.682. The Bertz CT molecular complexity index is 3560. The molecule has 12 rings (SSSR count). The molecule has 0 N–H and O–H groups in total. The SMILES string of the molecule is c1ccc(-c2ccc(-c3nc(-c4cccc5oc6ccc(-c7cccc(-c8cc9ccccc9c9ccccc89)c7)cc6c45)nc4c3sc3ccccc34)cc2)cc1. The van der Waals surface area contributed by atoms with E-state index in [-0.39, 0.29) is 0 Å². The highest BCUT2D eigenvalue weighted by atomic mass is 32.1. The summed E-state index contributed by atoms with van der Waals surface area (Å²) in [5, 5.41) is 8.22. The molecule has 0 bridgehead atoms. The van der Waals surface area contributed by atoms with Gasteiger partial charge in [0.2, 0.25) is 0 Å². The van der Waals surface area contributed by atoms with Gasteiger partial charge in [-0.2, -0.15) is 0 Å². The minimum atomic E-state index is 0.682.